The number of nitrogens with one attached hydrogen (secondary N) is 1. The van der Waals surface area contributed by atoms with Gasteiger partial charge in [0.1, 0.15) is 48.1 Å². The second-order valence-electron chi connectivity index (χ2n) is 16.0. The molecule has 5 atom stereocenters. The van der Waals surface area contributed by atoms with Crippen molar-refractivity contribution in [3.05, 3.63) is 92.7 Å². The third-order valence-electron chi connectivity index (χ3n) is 12.7. The zero-order valence-corrected chi connectivity index (χ0v) is 32.3. The van der Waals surface area contributed by atoms with Gasteiger partial charge < -0.3 is 40.2 Å². The fourth-order valence-corrected chi connectivity index (χ4v) is 10.1. The number of likely N-dealkylation sites (N-methyl/N-ethyl adjacent to an activating group) is 1. The summed E-state index contributed by atoms with van der Waals surface area (Å²) in [5.41, 5.74) is 16.4. The molecule has 10 nitrogen and oxygen atoms in total. The van der Waals surface area contributed by atoms with E-state index in [0.29, 0.717) is 47.5 Å². The van der Waals surface area contributed by atoms with Crippen LogP contribution in [-0.2, 0) is 40.6 Å². The second-order valence-corrected chi connectivity index (χ2v) is 16.0. The van der Waals surface area contributed by atoms with E-state index in [1.165, 1.54) is 6.92 Å². The highest BCUT2D eigenvalue weighted by Crippen LogP contribution is 2.63. The van der Waals surface area contributed by atoms with Gasteiger partial charge in [-0.05, 0) is 103 Å². The van der Waals surface area contributed by atoms with Crippen molar-refractivity contribution in [3.8, 4) is 51.7 Å². The Balaban J connectivity index is 1.33. The van der Waals surface area contributed by atoms with Crippen LogP contribution in [0.25, 0.3) is 17.2 Å². The Kier molecular flexibility index (Phi) is 8.89. The maximum atomic E-state index is 12.5. The Labute approximate surface area is 327 Å². The molecule has 1 fully saturated rings. The Morgan fingerprint density at radius 3 is 2.79 bits per heavy atom. The number of hydrogen-bond donors (Lipinski definition) is 4. The first-order chi connectivity index (χ1) is 27.1. The number of anilines is 1. The van der Waals surface area contributed by atoms with Crippen LogP contribution in [0.4, 0.5) is 5.82 Å². The predicted octanol–water partition coefficient (Wildman–Crippen LogP) is 6.83. The number of nitrogens with zero attached hydrogens (tertiary/aromatic N) is 1. The van der Waals surface area contributed by atoms with E-state index in [0.717, 1.165) is 87.9 Å². The molecule has 288 valence electrons. The Hall–Kier alpha value is -5.66. The van der Waals surface area contributed by atoms with Gasteiger partial charge in [0.2, 0.25) is 0 Å². The highest BCUT2D eigenvalue weighted by Gasteiger charge is 2.51. The minimum absolute atomic E-state index is 0.0165. The molecule has 0 unspecified atom stereocenters. The van der Waals surface area contributed by atoms with Crippen molar-refractivity contribution in [2.45, 2.75) is 82.3 Å². The van der Waals surface area contributed by atoms with E-state index in [-0.39, 0.29) is 47.9 Å². The minimum Gasteiger partial charge on any atom is -0.508 e. The van der Waals surface area contributed by atoms with E-state index in [2.05, 4.69) is 42.3 Å². The molecule has 0 amide bonds. The van der Waals surface area contributed by atoms with Gasteiger partial charge in [-0.15, -0.1) is 0 Å². The predicted molar refractivity (Wildman–Crippen MR) is 213 cm³/mol. The number of hydrogen-bond acceptors (Lipinski definition) is 10. The topological polar surface area (TPSA) is 145 Å². The summed E-state index contributed by atoms with van der Waals surface area (Å²) in [4.78, 5) is 17.3. The van der Waals surface area contributed by atoms with E-state index in [1.54, 1.807) is 19.2 Å². The van der Waals surface area contributed by atoms with Crippen LogP contribution in [0.15, 0.2) is 42.5 Å². The van der Waals surface area contributed by atoms with Crippen molar-refractivity contribution in [2.75, 3.05) is 33.1 Å². The van der Waals surface area contributed by atoms with Gasteiger partial charge in [0.05, 0.1) is 19.1 Å². The van der Waals surface area contributed by atoms with Crippen LogP contribution in [0.3, 0.4) is 0 Å². The first kappa shape index (κ1) is 36.0. The summed E-state index contributed by atoms with van der Waals surface area (Å²) in [5.74, 6) is 8.83. The summed E-state index contributed by atoms with van der Waals surface area (Å²) in [6.45, 7) is 3.94. The first-order valence-corrected chi connectivity index (χ1v) is 19.6. The Morgan fingerprint density at radius 2 is 2.00 bits per heavy atom. The molecular formula is C46H47N3O7. The van der Waals surface area contributed by atoms with Crippen molar-refractivity contribution in [1.82, 2.24) is 10.3 Å². The number of aromatic hydroxyl groups is 2. The Morgan fingerprint density at radius 1 is 1.14 bits per heavy atom. The number of carbonyl (C=O) groups excluding carboxylic acids is 1. The number of rotatable bonds is 5. The lowest BCUT2D eigenvalue weighted by Crippen LogP contribution is -2.31. The highest BCUT2D eigenvalue weighted by atomic mass is 16.5. The standard InChI is InChI=1S/C46H47N3O7/c1-5-26-16-28-15-25-13-14-46(20-25)21-29-17-31(51)19-38(53-4)39(29)33-12-11-32-35(23-54-24(2)50)43(56-44(32)41(33)46)40-27(7-6-8-36(28)49-45(26)47)18-37(52)42-34(40)10-9-30(48-3)22-55-42/h9-12,16-19,25,30,35,43,48,51-52H,5,7,13-15,20-23H2,1-4H3,(H2,47,49)/t25-,30-,35+,43-,46+/m1/s1. The Bertz CT molecular complexity index is 2390. The summed E-state index contributed by atoms with van der Waals surface area (Å²) in [6, 6.07) is 11.7. The summed E-state index contributed by atoms with van der Waals surface area (Å²) < 4.78 is 25.5. The number of nitrogen functional groups attached to an aromatic ring is 1. The average molecular weight is 754 g/mol. The van der Waals surface area contributed by atoms with Crippen LogP contribution in [0.2, 0.25) is 0 Å². The zero-order chi connectivity index (χ0) is 38.9. The van der Waals surface area contributed by atoms with Crippen LogP contribution in [0.1, 0.15) is 95.3 Å². The molecule has 56 heavy (non-hydrogen) atoms. The van der Waals surface area contributed by atoms with Gasteiger partial charge in [0, 0.05) is 52.6 Å². The molecule has 4 aromatic rings. The number of ether oxygens (including phenoxy) is 4. The number of aryl methyl sites for hydroxylation is 1. The summed E-state index contributed by atoms with van der Waals surface area (Å²) in [6.07, 6.45) is 8.75. The maximum Gasteiger partial charge on any atom is 0.302 e. The summed E-state index contributed by atoms with van der Waals surface area (Å²) in [7, 11) is 3.51. The van der Waals surface area contributed by atoms with Crippen LogP contribution in [0, 0.1) is 17.8 Å². The zero-order valence-electron chi connectivity index (χ0n) is 32.3. The van der Waals surface area contributed by atoms with E-state index in [1.807, 2.05) is 25.3 Å². The lowest BCUT2D eigenvalue weighted by molar-refractivity contribution is -0.141. The number of phenolic OH excluding ortho intramolecular Hbond substituents is 2. The molecule has 9 rings (SSSR count). The SMILES string of the molecule is CCc1cc2c(nc1N)C#CCc1cc(O)c3c(c1[C@@H]1Oc4c(ccc5c4[C@]4(CC[C@H](C2)C4)Cc2cc(O)cc(OC)c2-5)[C@@H]1COC(C)=O)C=C[C@@H](NC)CO3. The monoisotopic (exact) mass is 753 g/mol. The molecule has 1 saturated carbocycles. The van der Waals surface area contributed by atoms with E-state index >= 15 is 0 Å². The van der Waals surface area contributed by atoms with Crippen LogP contribution in [0.5, 0.6) is 28.7 Å². The van der Waals surface area contributed by atoms with Gasteiger partial charge in [0.15, 0.2) is 11.5 Å². The second kappa shape index (κ2) is 13.8. The minimum atomic E-state index is -0.614. The van der Waals surface area contributed by atoms with Gasteiger partial charge in [0.25, 0.3) is 0 Å². The lowest BCUT2D eigenvalue weighted by Gasteiger charge is -2.39. The molecule has 0 saturated heterocycles. The van der Waals surface area contributed by atoms with Gasteiger partial charge in [-0.2, -0.15) is 0 Å². The number of pyridine rings is 1. The summed E-state index contributed by atoms with van der Waals surface area (Å²) in [5, 5.41) is 25.7. The molecule has 3 aliphatic heterocycles. The fourth-order valence-electron chi connectivity index (χ4n) is 10.1. The number of nitrogens with two attached hydrogens (primary N) is 1. The van der Waals surface area contributed by atoms with Gasteiger partial charge in [-0.1, -0.05) is 37.1 Å². The van der Waals surface area contributed by atoms with Gasteiger partial charge >= 0.3 is 5.97 Å². The number of aromatic nitrogens is 1. The fraction of sp³-hybridized carbons (Fsp3) is 0.391. The number of methoxy groups -OCH3 is 1. The smallest absolute Gasteiger partial charge is 0.302 e. The number of benzene rings is 3. The molecule has 4 heterocycles. The van der Waals surface area contributed by atoms with Crippen LogP contribution >= 0.6 is 0 Å². The van der Waals surface area contributed by atoms with Gasteiger partial charge in [-0.25, -0.2) is 4.98 Å². The average Bonchev–Trinajstić information content (AvgIpc) is 3.66. The molecular weight excluding hydrogens is 707 g/mol. The van der Waals surface area contributed by atoms with Crippen molar-refractivity contribution in [3.63, 3.8) is 0 Å². The molecule has 5 N–H and O–H groups in total. The number of esters is 1. The maximum absolute atomic E-state index is 12.5. The van der Waals surface area contributed by atoms with E-state index in [9.17, 15) is 15.0 Å². The highest BCUT2D eigenvalue weighted by molar-refractivity contribution is 5.84. The largest absolute Gasteiger partial charge is 0.508 e. The summed E-state index contributed by atoms with van der Waals surface area (Å²) >= 11 is 0. The van der Waals surface area contributed by atoms with Crippen LogP contribution < -0.4 is 25.3 Å². The number of carbonyl (C=O) groups is 1. The van der Waals surface area contributed by atoms with E-state index in [4.69, 9.17) is 29.7 Å². The third-order valence-corrected chi connectivity index (χ3v) is 12.7. The lowest BCUT2D eigenvalue weighted by atomic mass is 9.65. The normalized spacial score (nSPS) is 23.6. The number of phenols is 2. The molecule has 1 aromatic heterocycles. The van der Waals surface area contributed by atoms with Crippen molar-refractivity contribution in [1.29, 1.82) is 0 Å². The molecule has 0 radical (unpaired) electrons. The molecule has 3 aromatic carbocycles. The quantitative estimate of drug-likeness (QED) is 0.126. The molecule has 10 heteroatoms. The molecule has 2 aliphatic carbocycles. The van der Waals surface area contributed by atoms with Gasteiger partial charge in [-0.3, -0.25) is 4.79 Å². The van der Waals surface area contributed by atoms with E-state index < -0.39 is 6.10 Å². The molecule has 1 spiro atoms. The first-order valence-electron chi connectivity index (χ1n) is 19.6. The number of fused-ring (bicyclic) bond motifs is 9. The van der Waals surface area contributed by atoms with Crippen molar-refractivity contribution >= 4 is 17.9 Å². The van der Waals surface area contributed by atoms with Crippen LogP contribution in [-0.4, -0.2) is 54.6 Å². The van der Waals surface area contributed by atoms with Crippen molar-refractivity contribution in [2.24, 2.45) is 5.92 Å². The molecule has 5 aliphatic rings. The van der Waals surface area contributed by atoms with Crippen molar-refractivity contribution < 1.29 is 34.0 Å². The third kappa shape index (κ3) is 5.83. The molecule has 4 bridgehead atoms.